The van der Waals surface area contributed by atoms with Crippen LogP contribution in [-0.4, -0.2) is 22.7 Å². The smallest absolute Gasteiger partial charge is 0.0549 e. The van der Waals surface area contributed by atoms with Gasteiger partial charge in [-0.05, 0) is 37.9 Å². The summed E-state index contributed by atoms with van der Waals surface area (Å²) >= 11 is 0. The van der Waals surface area contributed by atoms with Gasteiger partial charge in [0.1, 0.15) is 0 Å². The minimum atomic E-state index is -0.174. The van der Waals surface area contributed by atoms with Crippen LogP contribution in [-0.2, 0) is 6.54 Å². The maximum Gasteiger partial charge on any atom is 0.0549 e. The van der Waals surface area contributed by atoms with Crippen LogP contribution < -0.4 is 5.32 Å². The van der Waals surface area contributed by atoms with Crippen LogP contribution in [0.25, 0.3) is 0 Å². The average molecular weight is 208 g/mol. The van der Waals surface area contributed by atoms with E-state index in [-0.39, 0.29) is 6.10 Å². The van der Waals surface area contributed by atoms with Crippen LogP contribution in [0.1, 0.15) is 31.0 Å². The summed E-state index contributed by atoms with van der Waals surface area (Å²) in [4.78, 5) is 4.22. The molecule has 0 spiro atoms. The van der Waals surface area contributed by atoms with Gasteiger partial charge in [0.25, 0.3) is 0 Å². The Labute approximate surface area is 91.5 Å². The molecule has 3 heteroatoms. The van der Waals surface area contributed by atoms with Gasteiger partial charge in [0, 0.05) is 18.4 Å². The zero-order valence-corrected chi connectivity index (χ0v) is 9.53. The summed E-state index contributed by atoms with van der Waals surface area (Å²) in [5.41, 5.74) is 2.30. The standard InChI is InChI=1S/C12H20N2O/c1-3-12(15)6-8-13-9-11-5-4-7-14-10(11)2/h4-5,7,12-13,15H,3,6,8-9H2,1-2H3. The molecule has 0 saturated heterocycles. The van der Waals surface area contributed by atoms with Crippen LogP contribution in [0.4, 0.5) is 0 Å². The van der Waals surface area contributed by atoms with Gasteiger partial charge in [-0.3, -0.25) is 4.98 Å². The third-order valence-electron chi connectivity index (χ3n) is 2.56. The molecule has 0 saturated carbocycles. The van der Waals surface area contributed by atoms with Gasteiger partial charge >= 0.3 is 0 Å². The number of hydrogen-bond donors (Lipinski definition) is 2. The first-order chi connectivity index (χ1) is 7.24. The van der Waals surface area contributed by atoms with E-state index in [9.17, 15) is 5.11 Å². The Bertz CT molecular complexity index is 289. The molecule has 0 aliphatic rings. The fourth-order valence-corrected chi connectivity index (χ4v) is 1.40. The molecular formula is C12H20N2O. The Kier molecular flexibility index (Phi) is 5.29. The van der Waals surface area contributed by atoms with Gasteiger partial charge in [0.05, 0.1) is 6.10 Å². The molecule has 0 fully saturated rings. The van der Waals surface area contributed by atoms with Crippen molar-refractivity contribution < 1.29 is 5.11 Å². The van der Waals surface area contributed by atoms with Crippen molar-refractivity contribution in [2.75, 3.05) is 6.54 Å². The molecule has 0 radical (unpaired) electrons. The van der Waals surface area contributed by atoms with E-state index in [4.69, 9.17) is 0 Å². The molecule has 0 amide bonds. The van der Waals surface area contributed by atoms with E-state index in [1.807, 2.05) is 19.9 Å². The summed E-state index contributed by atoms with van der Waals surface area (Å²) in [5, 5.41) is 12.7. The third-order valence-corrected chi connectivity index (χ3v) is 2.56. The van der Waals surface area contributed by atoms with Crippen molar-refractivity contribution in [1.82, 2.24) is 10.3 Å². The van der Waals surface area contributed by atoms with E-state index >= 15 is 0 Å². The second-order valence-corrected chi connectivity index (χ2v) is 3.78. The molecule has 15 heavy (non-hydrogen) atoms. The van der Waals surface area contributed by atoms with Crippen molar-refractivity contribution in [3.8, 4) is 0 Å². The number of rotatable bonds is 6. The number of aliphatic hydroxyl groups is 1. The highest BCUT2D eigenvalue weighted by molar-refractivity contribution is 5.17. The lowest BCUT2D eigenvalue weighted by Gasteiger charge is -2.09. The number of hydrogen-bond acceptors (Lipinski definition) is 3. The molecule has 0 aliphatic heterocycles. The number of aromatic nitrogens is 1. The van der Waals surface area contributed by atoms with E-state index in [1.165, 1.54) is 5.56 Å². The Balaban J connectivity index is 2.23. The van der Waals surface area contributed by atoms with Gasteiger partial charge in [-0.1, -0.05) is 13.0 Å². The van der Waals surface area contributed by atoms with Crippen LogP contribution >= 0.6 is 0 Å². The van der Waals surface area contributed by atoms with Crippen LogP contribution in [0.3, 0.4) is 0 Å². The first kappa shape index (κ1) is 12.1. The van der Waals surface area contributed by atoms with E-state index in [1.54, 1.807) is 6.20 Å². The Morgan fingerprint density at radius 1 is 1.53 bits per heavy atom. The maximum atomic E-state index is 9.36. The van der Waals surface area contributed by atoms with Gasteiger partial charge in [-0.15, -0.1) is 0 Å². The molecule has 1 atom stereocenters. The second kappa shape index (κ2) is 6.53. The van der Waals surface area contributed by atoms with Crippen LogP contribution in [0.5, 0.6) is 0 Å². The van der Waals surface area contributed by atoms with Gasteiger partial charge < -0.3 is 10.4 Å². The van der Waals surface area contributed by atoms with Gasteiger partial charge in [-0.25, -0.2) is 0 Å². The first-order valence-electron chi connectivity index (χ1n) is 5.53. The topological polar surface area (TPSA) is 45.1 Å². The molecule has 1 rings (SSSR count). The van der Waals surface area contributed by atoms with Crippen LogP contribution in [0.15, 0.2) is 18.3 Å². The van der Waals surface area contributed by atoms with E-state index in [0.717, 1.165) is 31.6 Å². The Morgan fingerprint density at radius 2 is 2.33 bits per heavy atom. The van der Waals surface area contributed by atoms with Gasteiger partial charge in [0.15, 0.2) is 0 Å². The van der Waals surface area contributed by atoms with Crippen molar-refractivity contribution in [1.29, 1.82) is 0 Å². The van der Waals surface area contributed by atoms with Crippen molar-refractivity contribution >= 4 is 0 Å². The van der Waals surface area contributed by atoms with Gasteiger partial charge in [-0.2, -0.15) is 0 Å². The zero-order chi connectivity index (χ0) is 11.1. The van der Waals surface area contributed by atoms with E-state index in [2.05, 4.69) is 16.4 Å². The zero-order valence-electron chi connectivity index (χ0n) is 9.53. The van der Waals surface area contributed by atoms with Crippen LogP contribution in [0, 0.1) is 6.92 Å². The van der Waals surface area contributed by atoms with Gasteiger partial charge in [0.2, 0.25) is 0 Å². The summed E-state index contributed by atoms with van der Waals surface area (Å²) < 4.78 is 0. The molecule has 1 unspecified atom stereocenters. The van der Waals surface area contributed by atoms with Crippen molar-refractivity contribution in [3.05, 3.63) is 29.6 Å². The minimum Gasteiger partial charge on any atom is -0.393 e. The van der Waals surface area contributed by atoms with Crippen molar-refractivity contribution in [2.45, 2.75) is 39.3 Å². The van der Waals surface area contributed by atoms with E-state index < -0.39 is 0 Å². The molecule has 84 valence electrons. The highest BCUT2D eigenvalue weighted by Crippen LogP contribution is 2.03. The number of nitrogens with one attached hydrogen (secondary N) is 1. The summed E-state index contributed by atoms with van der Waals surface area (Å²) in [7, 11) is 0. The highest BCUT2D eigenvalue weighted by atomic mass is 16.3. The molecule has 1 heterocycles. The fraction of sp³-hybridized carbons (Fsp3) is 0.583. The molecule has 3 nitrogen and oxygen atoms in total. The normalized spacial score (nSPS) is 12.7. The fourth-order valence-electron chi connectivity index (χ4n) is 1.40. The number of aliphatic hydroxyl groups excluding tert-OH is 1. The summed E-state index contributed by atoms with van der Waals surface area (Å²) in [6.45, 7) is 5.69. The number of pyridine rings is 1. The second-order valence-electron chi connectivity index (χ2n) is 3.78. The lowest BCUT2D eigenvalue weighted by Crippen LogP contribution is -2.20. The Morgan fingerprint density at radius 3 is 3.00 bits per heavy atom. The predicted molar refractivity (Wildman–Crippen MR) is 61.6 cm³/mol. The molecule has 1 aromatic heterocycles. The van der Waals surface area contributed by atoms with Crippen LogP contribution in [0.2, 0.25) is 0 Å². The third kappa shape index (κ3) is 4.40. The van der Waals surface area contributed by atoms with Crippen molar-refractivity contribution in [2.24, 2.45) is 0 Å². The average Bonchev–Trinajstić information content (AvgIpc) is 2.26. The molecule has 0 aromatic carbocycles. The monoisotopic (exact) mass is 208 g/mol. The maximum absolute atomic E-state index is 9.36. The molecule has 0 bridgehead atoms. The largest absolute Gasteiger partial charge is 0.393 e. The lowest BCUT2D eigenvalue weighted by molar-refractivity contribution is 0.159. The minimum absolute atomic E-state index is 0.174. The van der Waals surface area contributed by atoms with Crippen molar-refractivity contribution in [3.63, 3.8) is 0 Å². The highest BCUT2D eigenvalue weighted by Gasteiger charge is 2.00. The predicted octanol–water partition coefficient (Wildman–Crippen LogP) is 1.64. The summed E-state index contributed by atoms with van der Waals surface area (Å²) in [5.74, 6) is 0. The number of aryl methyl sites for hydroxylation is 1. The number of nitrogens with zero attached hydrogens (tertiary/aromatic N) is 1. The first-order valence-corrected chi connectivity index (χ1v) is 5.53. The molecule has 2 N–H and O–H groups in total. The molecular weight excluding hydrogens is 188 g/mol. The molecule has 1 aromatic rings. The summed E-state index contributed by atoms with van der Waals surface area (Å²) in [6, 6.07) is 4.02. The summed E-state index contributed by atoms with van der Waals surface area (Å²) in [6.07, 6.45) is 3.27. The molecule has 0 aliphatic carbocycles. The van der Waals surface area contributed by atoms with E-state index in [0.29, 0.717) is 0 Å². The lowest BCUT2D eigenvalue weighted by atomic mass is 10.2. The SMILES string of the molecule is CCC(O)CCNCc1cccnc1C. The quantitative estimate of drug-likeness (QED) is 0.699. The Hall–Kier alpha value is -0.930.